The Bertz CT molecular complexity index is 470. The zero-order valence-electron chi connectivity index (χ0n) is 13.3. The number of rotatable bonds is 6. The van der Waals surface area contributed by atoms with Crippen LogP contribution in [0.25, 0.3) is 0 Å². The van der Waals surface area contributed by atoms with E-state index < -0.39 is 0 Å². The summed E-state index contributed by atoms with van der Waals surface area (Å²) in [6.45, 7) is 5.80. The topological polar surface area (TPSA) is 24.9 Å². The average molecular weight is 284 g/mol. The molecule has 3 fully saturated rings. The third kappa shape index (κ3) is 2.23. The molecule has 2 nitrogen and oxygen atoms in total. The lowest BCUT2D eigenvalue weighted by Gasteiger charge is -2.27. The van der Waals surface area contributed by atoms with Crippen LogP contribution in [0.15, 0.2) is 24.4 Å². The average Bonchev–Trinajstić information content (AvgIpc) is 2.94. The van der Waals surface area contributed by atoms with Crippen LogP contribution < -0.4 is 5.32 Å². The van der Waals surface area contributed by atoms with Crippen LogP contribution in [-0.4, -0.2) is 17.6 Å². The maximum atomic E-state index is 4.63. The second-order valence-corrected chi connectivity index (χ2v) is 7.59. The molecule has 0 aliphatic heterocycles. The minimum absolute atomic E-state index is 0.535. The summed E-state index contributed by atoms with van der Waals surface area (Å²) in [4.78, 5) is 4.63. The monoisotopic (exact) mass is 284 g/mol. The van der Waals surface area contributed by atoms with Crippen molar-refractivity contribution in [2.24, 2.45) is 29.6 Å². The van der Waals surface area contributed by atoms with Gasteiger partial charge in [0.2, 0.25) is 0 Å². The standard InChI is InChI=1S/C19H28N2/c1-3-9-21-19(12(2)15-6-4-5-10-20-15)18-16-13-7-8-14(11-13)17(16)18/h4-6,10,12-14,16-19,21H,3,7-9,11H2,1-2H3. The molecule has 6 unspecified atom stereocenters. The van der Waals surface area contributed by atoms with E-state index >= 15 is 0 Å². The normalized spacial score (nSPS) is 39.0. The maximum Gasteiger partial charge on any atom is 0.0447 e. The van der Waals surface area contributed by atoms with Gasteiger partial charge >= 0.3 is 0 Å². The highest BCUT2D eigenvalue weighted by Crippen LogP contribution is 2.71. The molecule has 0 amide bonds. The summed E-state index contributed by atoms with van der Waals surface area (Å²) in [5, 5.41) is 3.89. The summed E-state index contributed by atoms with van der Waals surface area (Å²) in [5.74, 6) is 5.68. The number of nitrogens with one attached hydrogen (secondary N) is 1. The Hall–Kier alpha value is -0.890. The molecule has 2 heteroatoms. The van der Waals surface area contributed by atoms with Crippen LogP contribution in [0.2, 0.25) is 0 Å². The summed E-state index contributed by atoms with van der Waals surface area (Å²) in [6, 6.07) is 7.00. The lowest BCUT2D eigenvalue weighted by molar-refractivity contribution is 0.328. The first kappa shape index (κ1) is 13.8. The number of fused-ring (bicyclic) bond motifs is 5. The van der Waals surface area contributed by atoms with Crippen LogP contribution >= 0.6 is 0 Å². The molecule has 21 heavy (non-hydrogen) atoms. The molecule has 114 valence electrons. The number of pyridine rings is 1. The highest BCUT2D eigenvalue weighted by atomic mass is 15.0. The molecular weight excluding hydrogens is 256 g/mol. The highest BCUT2D eigenvalue weighted by molar-refractivity contribution is 5.20. The van der Waals surface area contributed by atoms with E-state index in [1.54, 1.807) is 6.42 Å². The molecular formula is C19H28N2. The molecule has 3 aliphatic rings. The van der Waals surface area contributed by atoms with Crippen LogP contribution in [-0.2, 0) is 0 Å². The van der Waals surface area contributed by atoms with Gasteiger partial charge in [-0.3, -0.25) is 4.98 Å². The van der Waals surface area contributed by atoms with Gasteiger partial charge in [-0.1, -0.05) is 19.9 Å². The molecule has 1 aromatic heterocycles. The van der Waals surface area contributed by atoms with E-state index in [0.717, 1.165) is 36.1 Å². The van der Waals surface area contributed by atoms with Crippen LogP contribution in [0.3, 0.4) is 0 Å². The minimum atomic E-state index is 0.535. The molecule has 6 atom stereocenters. The van der Waals surface area contributed by atoms with E-state index in [1.807, 2.05) is 12.3 Å². The smallest absolute Gasteiger partial charge is 0.0447 e. The Balaban J connectivity index is 1.53. The number of hydrogen-bond acceptors (Lipinski definition) is 2. The quantitative estimate of drug-likeness (QED) is 0.858. The Morgan fingerprint density at radius 2 is 2.00 bits per heavy atom. The van der Waals surface area contributed by atoms with Gasteiger partial charge < -0.3 is 5.32 Å². The summed E-state index contributed by atoms with van der Waals surface area (Å²) in [7, 11) is 0. The van der Waals surface area contributed by atoms with Crippen molar-refractivity contribution in [1.29, 1.82) is 0 Å². The van der Waals surface area contributed by atoms with Crippen LogP contribution in [0.1, 0.15) is 51.1 Å². The van der Waals surface area contributed by atoms with E-state index in [4.69, 9.17) is 0 Å². The third-order valence-electron chi connectivity index (χ3n) is 6.53. The first-order valence-corrected chi connectivity index (χ1v) is 8.95. The van der Waals surface area contributed by atoms with Crippen molar-refractivity contribution >= 4 is 0 Å². The Labute approximate surface area is 128 Å². The molecule has 1 N–H and O–H groups in total. The minimum Gasteiger partial charge on any atom is -0.313 e. The largest absolute Gasteiger partial charge is 0.313 e. The van der Waals surface area contributed by atoms with E-state index in [0.29, 0.717) is 12.0 Å². The van der Waals surface area contributed by atoms with Crippen LogP contribution in [0.5, 0.6) is 0 Å². The zero-order valence-corrected chi connectivity index (χ0v) is 13.3. The zero-order chi connectivity index (χ0) is 14.4. The maximum absolute atomic E-state index is 4.63. The number of hydrogen-bond donors (Lipinski definition) is 1. The molecule has 0 spiro atoms. The fraction of sp³-hybridized carbons (Fsp3) is 0.737. The fourth-order valence-electron chi connectivity index (χ4n) is 5.66. The van der Waals surface area contributed by atoms with Crippen molar-refractivity contribution in [2.75, 3.05) is 6.54 Å². The van der Waals surface area contributed by atoms with Gasteiger partial charge in [-0.05, 0) is 74.0 Å². The predicted molar refractivity (Wildman–Crippen MR) is 86.0 cm³/mol. The van der Waals surface area contributed by atoms with Crippen LogP contribution in [0, 0.1) is 29.6 Å². The predicted octanol–water partition coefficient (Wildman–Crippen LogP) is 3.85. The van der Waals surface area contributed by atoms with E-state index in [-0.39, 0.29) is 0 Å². The molecule has 4 rings (SSSR count). The number of aromatic nitrogens is 1. The summed E-state index contributed by atoms with van der Waals surface area (Å²) in [5.41, 5.74) is 1.27. The fourth-order valence-corrected chi connectivity index (χ4v) is 5.66. The Morgan fingerprint density at radius 1 is 1.24 bits per heavy atom. The van der Waals surface area contributed by atoms with Crippen molar-refractivity contribution in [3.8, 4) is 0 Å². The molecule has 1 heterocycles. The molecule has 2 bridgehead atoms. The van der Waals surface area contributed by atoms with Crippen molar-refractivity contribution in [3.63, 3.8) is 0 Å². The molecule has 0 saturated heterocycles. The third-order valence-corrected chi connectivity index (χ3v) is 6.53. The van der Waals surface area contributed by atoms with Gasteiger partial charge in [0.15, 0.2) is 0 Å². The molecule has 0 radical (unpaired) electrons. The van der Waals surface area contributed by atoms with Crippen molar-refractivity contribution < 1.29 is 0 Å². The summed E-state index contributed by atoms with van der Waals surface area (Å²) >= 11 is 0. The van der Waals surface area contributed by atoms with Gasteiger partial charge in [-0.2, -0.15) is 0 Å². The van der Waals surface area contributed by atoms with Crippen molar-refractivity contribution in [3.05, 3.63) is 30.1 Å². The van der Waals surface area contributed by atoms with Gasteiger partial charge in [0.05, 0.1) is 0 Å². The first-order chi connectivity index (χ1) is 10.3. The number of nitrogens with zero attached hydrogens (tertiary/aromatic N) is 1. The van der Waals surface area contributed by atoms with Crippen molar-refractivity contribution in [1.82, 2.24) is 10.3 Å². The van der Waals surface area contributed by atoms with Crippen LogP contribution in [0.4, 0.5) is 0 Å². The molecule has 3 saturated carbocycles. The summed E-state index contributed by atoms with van der Waals surface area (Å²) in [6.07, 6.45) is 7.74. The van der Waals surface area contributed by atoms with E-state index in [1.165, 1.54) is 25.0 Å². The Kier molecular flexibility index (Phi) is 3.53. The van der Waals surface area contributed by atoms with E-state index in [2.05, 4.69) is 36.3 Å². The molecule has 0 aromatic carbocycles. The van der Waals surface area contributed by atoms with Crippen molar-refractivity contribution in [2.45, 2.75) is 51.5 Å². The SMILES string of the molecule is CCCNC(C(C)c1ccccn1)C1C2C3CCC(C3)C21. The van der Waals surface area contributed by atoms with Gasteiger partial charge in [-0.25, -0.2) is 0 Å². The van der Waals surface area contributed by atoms with Gasteiger partial charge in [0.1, 0.15) is 0 Å². The van der Waals surface area contributed by atoms with Gasteiger partial charge in [-0.15, -0.1) is 0 Å². The first-order valence-electron chi connectivity index (χ1n) is 8.95. The second kappa shape index (κ2) is 5.39. The van der Waals surface area contributed by atoms with Gasteiger partial charge in [0.25, 0.3) is 0 Å². The summed E-state index contributed by atoms with van der Waals surface area (Å²) < 4.78 is 0. The lowest BCUT2D eigenvalue weighted by atomic mass is 9.88. The Morgan fingerprint density at radius 3 is 2.62 bits per heavy atom. The second-order valence-electron chi connectivity index (χ2n) is 7.59. The van der Waals surface area contributed by atoms with E-state index in [9.17, 15) is 0 Å². The van der Waals surface area contributed by atoms with Gasteiger partial charge in [0, 0.05) is 23.9 Å². The highest BCUT2D eigenvalue weighted by Gasteiger charge is 2.67. The molecule has 3 aliphatic carbocycles. The molecule has 1 aromatic rings. The lowest BCUT2D eigenvalue weighted by Crippen LogP contribution is -2.38.